The van der Waals surface area contributed by atoms with Crippen LogP contribution in [-0.2, 0) is 11.3 Å². The maximum Gasteiger partial charge on any atom is 0.422 e. The molecule has 1 atom stereocenters. The van der Waals surface area contributed by atoms with Crippen LogP contribution in [0.25, 0.3) is 0 Å². The van der Waals surface area contributed by atoms with Gasteiger partial charge in [-0.2, -0.15) is 13.2 Å². The van der Waals surface area contributed by atoms with Crippen LogP contribution in [0.4, 0.5) is 13.2 Å². The van der Waals surface area contributed by atoms with Crippen LogP contribution in [0.5, 0.6) is 5.88 Å². The number of hydrogen-bond donors (Lipinski definition) is 1. The molecule has 0 amide bonds. The SMILES string of the molecule is CN=C(NCc1ccc(OCC(F)(F)F)nc1)N1CCC(COC)C1.I. The third-order valence-corrected chi connectivity index (χ3v) is 3.83. The van der Waals surface area contributed by atoms with E-state index in [4.69, 9.17) is 4.74 Å². The Morgan fingerprint density at radius 1 is 1.42 bits per heavy atom. The van der Waals surface area contributed by atoms with Gasteiger partial charge in [0.1, 0.15) is 0 Å². The fourth-order valence-corrected chi connectivity index (χ4v) is 2.67. The van der Waals surface area contributed by atoms with E-state index < -0.39 is 12.8 Å². The summed E-state index contributed by atoms with van der Waals surface area (Å²) in [5, 5.41) is 3.24. The van der Waals surface area contributed by atoms with Gasteiger partial charge in [0.05, 0.1) is 6.61 Å². The zero-order valence-electron chi connectivity index (χ0n) is 14.8. The Morgan fingerprint density at radius 2 is 2.19 bits per heavy atom. The molecular weight excluding hydrogens is 464 g/mol. The highest BCUT2D eigenvalue weighted by Gasteiger charge is 2.28. The van der Waals surface area contributed by atoms with E-state index in [9.17, 15) is 13.2 Å². The molecule has 10 heteroatoms. The molecule has 1 aliphatic heterocycles. The minimum absolute atomic E-state index is 0. The number of pyridine rings is 1. The molecule has 0 aromatic carbocycles. The predicted molar refractivity (Wildman–Crippen MR) is 103 cm³/mol. The summed E-state index contributed by atoms with van der Waals surface area (Å²) >= 11 is 0. The Bertz CT molecular complexity index is 570. The highest BCUT2D eigenvalue weighted by molar-refractivity contribution is 14.0. The van der Waals surface area contributed by atoms with Crippen LogP contribution >= 0.6 is 24.0 Å². The second kappa shape index (κ2) is 10.8. The molecule has 1 aromatic heterocycles. The summed E-state index contributed by atoms with van der Waals surface area (Å²) in [7, 11) is 3.42. The van der Waals surface area contributed by atoms with Crippen LogP contribution in [0.2, 0.25) is 0 Å². The zero-order valence-corrected chi connectivity index (χ0v) is 17.1. The standard InChI is InChI=1S/C16H23F3N4O2.HI/c1-20-15(23-6-5-13(9-23)10-24-2)22-8-12-3-4-14(21-7-12)25-11-16(17,18)19;/h3-4,7,13H,5-6,8-11H2,1-2H3,(H,20,22);1H. The van der Waals surface area contributed by atoms with Crippen molar-refractivity contribution in [1.82, 2.24) is 15.2 Å². The number of aliphatic imine (C=N–C) groups is 1. The number of nitrogens with one attached hydrogen (secondary N) is 1. The monoisotopic (exact) mass is 488 g/mol. The van der Waals surface area contributed by atoms with Crippen LogP contribution < -0.4 is 10.1 Å². The van der Waals surface area contributed by atoms with Gasteiger partial charge < -0.3 is 19.7 Å². The van der Waals surface area contributed by atoms with Crippen LogP contribution in [0.15, 0.2) is 23.3 Å². The van der Waals surface area contributed by atoms with E-state index in [1.165, 1.54) is 12.3 Å². The second-order valence-corrected chi connectivity index (χ2v) is 5.87. The first-order valence-electron chi connectivity index (χ1n) is 8.00. The molecule has 1 unspecified atom stereocenters. The van der Waals surface area contributed by atoms with Crippen molar-refractivity contribution in [2.75, 3.05) is 40.5 Å². The number of methoxy groups -OCH3 is 1. The van der Waals surface area contributed by atoms with Crippen LogP contribution in [0.1, 0.15) is 12.0 Å². The summed E-state index contributed by atoms with van der Waals surface area (Å²) in [6.45, 7) is 1.66. The van der Waals surface area contributed by atoms with E-state index in [2.05, 4.69) is 24.9 Å². The quantitative estimate of drug-likeness (QED) is 0.379. The third-order valence-electron chi connectivity index (χ3n) is 3.83. The summed E-state index contributed by atoms with van der Waals surface area (Å²) in [5.41, 5.74) is 0.827. The zero-order chi connectivity index (χ0) is 18.3. The lowest BCUT2D eigenvalue weighted by Crippen LogP contribution is -2.39. The van der Waals surface area contributed by atoms with E-state index in [1.54, 1.807) is 20.2 Å². The topological polar surface area (TPSA) is 59.0 Å². The van der Waals surface area contributed by atoms with Crippen molar-refractivity contribution in [3.63, 3.8) is 0 Å². The summed E-state index contributed by atoms with van der Waals surface area (Å²) in [5.74, 6) is 1.23. The third kappa shape index (κ3) is 7.52. The minimum atomic E-state index is -4.37. The van der Waals surface area contributed by atoms with Crippen molar-refractivity contribution >= 4 is 29.9 Å². The number of ether oxygens (including phenoxy) is 2. The van der Waals surface area contributed by atoms with Crippen molar-refractivity contribution in [2.24, 2.45) is 10.9 Å². The van der Waals surface area contributed by atoms with Gasteiger partial charge >= 0.3 is 6.18 Å². The highest BCUT2D eigenvalue weighted by Crippen LogP contribution is 2.18. The average molecular weight is 488 g/mol. The van der Waals surface area contributed by atoms with Crippen LogP contribution in [0, 0.1) is 5.92 Å². The van der Waals surface area contributed by atoms with Crippen molar-refractivity contribution in [2.45, 2.75) is 19.1 Å². The average Bonchev–Trinajstić information content (AvgIpc) is 3.03. The molecule has 26 heavy (non-hydrogen) atoms. The molecule has 148 valence electrons. The van der Waals surface area contributed by atoms with Crippen LogP contribution in [-0.4, -0.2) is 62.5 Å². The molecule has 1 aromatic rings. The smallest absolute Gasteiger partial charge is 0.422 e. The molecule has 1 N–H and O–H groups in total. The Morgan fingerprint density at radius 3 is 2.77 bits per heavy atom. The lowest BCUT2D eigenvalue weighted by molar-refractivity contribution is -0.154. The maximum absolute atomic E-state index is 12.1. The fraction of sp³-hybridized carbons (Fsp3) is 0.625. The first-order chi connectivity index (χ1) is 11.9. The van der Waals surface area contributed by atoms with E-state index in [0.717, 1.165) is 37.6 Å². The molecule has 0 saturated carbocycles. The normalized spacial score (nSPS) is 17.8. The van der Waals surface area contributed by atoms with Crippen molar-refractivity contribution in [1.29, 1.82) is 0 Å². The molecule has 6 nitrogen and oxygen atoms in total. The second-order valence-electron chi connectivity index (χ2n) is 5.87. The lowest BCUT2D eigenvalue weighted by Gasteiger charge is -2.21. The molecule has 0 aliphatic carbocycles. The fourth-order valence-electron chi connectivity index (χ4n) is 2.67. The van der Waals surface area contributed by atoms with Gasteiger partial charge in [-0.1, -0.05) is 6.07 Å². The molecule has 1 saturated heterocycles. The Balaban J connectivity index is 0.00000338. The maximum atomic E-state index is 12.1. The number of nitrogens with zero attached hydrogens (tertiary/aromatic N) is 3. The van der Waals surface area contributed by atoms with Crippen molar-refractivity contribution < 1.29 is 22.6 Å². The summed E-state index contributed by atoms with van der Waals surface area (Å²) in [6.07, 6.45) is -1.82. The molecule has 2 heterocycles. The van der Waals surface area contributed by atoms with Gasteiger partial charge in [0.2, 0.25) is 5.88 Å². The molecule has 2 rings (SSSR count). The van der Waals surface area contributed by atoms with Gasteiger partial charge in [-0.05, 0) is 12.0 Å². The van der Waals surface area contributed by atoms with E-state index in [-0.39, 0.29) is 29.9 Å². The summed E-state index contributed by atoms with van der Waals surface area (Å²) in [6, 6.07) is 3.10. The summed E-state index contributed by atoms with van der Waals surface area (Å²) in [4.78, 5) is 10.3. The van der Waals surface area contributed by atoms with Gasteiger partial charge in [-0.3, -0.25) is 4.99 Å². The van der Waals surface area contributed by atoms with E-state index in [1.807, 2.05) is 0 Å². The molecule has 0 bridgehead atoms. The lowest BCUT2D eigenvalue weighted by atomic mass is 10.1. The Labute approximate surface area is 168 Å². The van der Waals surface area contributed by atoms with Gasteiger partial charge in [-0.15, -0.1) is 24.0 Å². The van der Waals surface area contributed by atoms with Crippen molar-refractivity contribution in [3.8, 4) is 5.88 Å². The number of guanidine groups is 1. The first-order valence-corrected chi connectivity index (χ1v) is 8.00. The molecular formula is C16H24F3IN4O2. The number of alkyl halides is 3. The Hall–Kier alpha value is -1.30. The van der Waals surface area contributed by atoms with Crippen LogP contribution in [0.3, 0.4) is 0 Å². The van der Waals surface area contributed by atoms with Gasteiger partial charge in [0.25, 0.3) is 0 Å². The molecule has 0 spiro atoms. The number of likely N-dealkylation sites (tertiary alicyclic amines) is 1. The largest absolute Gasteiger partial charge is 0.468 e. The number of rotatable bonds is 6. The minimum Gasteiger partial charge on any atom is -0.468 e. The van der Waals surface area contributed by atoms with Gasteiger partial charge in [0, 0.05) is 52.0 Å². The molecule has 1 fully saturated rings. The van der Waals surface area contributed by atoms with Gasteiger partial charge in [-0.25, -0.2) is 4.98 Å². The van der Waals surface area contributed by atoms with Gasteiger partial charge in [0.15, 0.2) is 12.6 Å². The number of aromatic nitrogens is 1. The summed E-state index contributed by atoms with van der Waals surface area (Å²) < 4.78 is 46.1. The number of hydrogen-bond acceptors (Lipinski definition) is 4. The van der Waals surface area contributed by atoms with Crippen molar-refractivity contribution in [3.05, 3.63) is 23.9 Å². The van der Waals surface area contributed by atoms with E-state index >= 15 is 0 Å². The van der Waals surface area contributed by atoms with E-state index in [0.29, 0.717) is 12.5 Å². The molecule has 1 aliphatic rings. The Kier molecular flexibility index (Phi) is 9.41. The molecule has 0 radical (unpaired) electrons. The first kappa shape index (κ1) is 22.7. The number of halogens is 4. The predicted octanol–water partition coefficient (Wildman–Crippen LogP) is 2.68. The highest BCUT2D eigenvalue weighted by atomic mass is 127.